The van der Waals surface area contributed by atoms with Gasteiger partial charge in [-0.1, -0.05) is 75.7 Å². The molecule has 0 unspecified atom stereocenters. The van der Waals surface area contributed by atoms with Gasteiger partial charge in [-0.15, -0.1) is 0 Å². The van der Waals surface area contributed by atoms with Crippen molar-refractivity contribution in [2.75, 3.05) is 0 Å². The van der Waals surface area contributed by atoms with E-state index in [0.29, 0.717) is 28.6 Å². The van der Waals surface area contributed by atoms with Crippen LogP contribution in [-0.2, 0) is 9.09 Å². The van der Waals surface area contributed by atoms with Gasteiger partial charge in [-0.25, -0.2) is 0 Å². The van der Waals surface area contributed by atoms with Gasteiger partial charge in [0, 0.05) is 5.30 Å². The summed E-state index contributed by atoms with van der Waals surface area (Å²) in [4.78, 5) is 0. The van der Waals surface area contributed by atoms with Crippen LogP contribution in [-0.4, -0.2) is 11.2 Å². The van der Waals surface area contributed by atoms with Gasteiger partial charge in [-0.05, 0) is 48.3 Å². The Hall–Kier alpha value is -1.41. The Morgan fingerprint density at radius 1 is 1.00 bits per heavy atom. The molecular weight excluding hydrogens is 355 g/mol. The molecule has 1 aliphatic carbocycles. The number of hydrogen-bond acceptors (Lipinski definition) is 3. The molecule has 0 aliphatic heterocycles. The van der Waals surface area contributed by atoms with Gasteiger partial charge in [0.25, 0.3) is 7.37 Å². The molecule has 3 nitrogen and oxygen atoms in total. The summed E-state index contributed by atoms with van der Waals surface area (Å²) in [6.07, 6.45) is 3.05. The Bertz CT molecular complexity index is 760. The van der Waals surface area contributed by atoms with Crippen LogP contribution in [0.15, 0.2) is 60.7 Å². The van der Waals surface area contributed by atoms with E-state index in [-0.39, 0.29) is 6.10 Å². The van der Waals surface area contributed by atoms with Crippen molar-refractivity contribution in [1.29, 1.82) is 0 Å². The SMILES string of the molecule is CC(C)[C@@H]1CC[C@@H](C)C[C@H]1O[P@@](=O)(c1ccccc1)[C@H](O)c1ccccc1. The van der Waals surface area contributed by atoms with E-state index in [1.54, 1.807) is 0 Å². The van der Waals surface area contributed by atoms with Crippen LogP contribution in [0.25, 0.3) is 0 Å². The number of rotatable bonds is 6. The molecule has 3 rings (SSSR count). The zero-order chi connectivity index (χ0) is 19.4. The predicted octanol–water partition coefficient (Wildman–Crippen LogP) is 5.76. The maximum Gasteiger partial charge on any atom is 0.264 e. The lowest BCUT2D eigenvalue weighted by Gasteiger charge is -2.39. The van der Waals surface area contributed by atoms with Gasteiger partial charge in [0.1, 0.15) is 0 Å². The smallest absolute Gasteiger partial charge is 0.264 e. The van der Waals surface area contributed by atoms with Crippen LogP contribution in [0.5, 0.6) is 0 Å². The van der Waals surface area contributed by atoms with E-state index in [0.717, 1.165) is 12.8 Å². The number of aliphatic hydroxyl groups excluding tert-OH is 1. The summed E-state index contributed by atoms with van der Waals surface area (Å²) < 4.78 is 20.6. The van der Waals surface area contributed by atoms with Crippen LogP contribution in [0.3, 0.4) is 0 Å². The fourth-order valence-electron chi connectivity index (χ4n) is 4.15. The Morgan fingerprint density at radius 2 is 1.59 bits per heavy atom. The molecule has 0 radical (unpaired) electrons. The molecule has 1 N–H and O–H groups in total. The van der Waals surface area contributed by atoms with Gasteiger partial charge in [0.15, 0.2) is 5.85 Å². The molecule has 2 aromatic rings. The van der Waals surface area contributed by atoms with E-state index < -0.39 is 13.2 Å². The lowest BCUT2D eigenvalue weighted by molar-refractivity contribution is 0.0427. The second-order valence-electron chi connectivity index (χ2n) is 8.19. The molecule has 0 heterocycles. The summed E-state index contributed by atoms with van der Waals surface area (Å²) in [5, 5.41) is 11.7. The molecule has 0 saturated heterocycles. The minimum absolute atomic E-state index is 0.0989. The molecule has 0 spiro atoms. The lowest BCUT2D eigenvalue weighted by Crippen LogP contribution is -2.35. The third kappa shape index (κ3) is 4.54. The highest BCUT2D eigenvalue weighted by Gasteiger charge is 2.42. The van der Waals surface area contributed by atoms with Crippen molar-refractivity contribution in [2.45, 2.75) is 52.0 Å². The van der Waals surface area contributed by atoms with Crippen molar-refractivity contribution in [3.63, 3.8) is 0 Å². The molecule has 1 fully saturated rings. The van der Waals surface area contributed by atoms with Gasteiger partial charge in [0.2, 0.25) is 0 Å². The Balaban J connectivity index is 1.98. The topological polar surface area (TPSA) is 46.5 Å². The first-order valence-electron chi connectivity index (χ1n) is 9.98. The first-order chi connectivity index (χ1) is 12.9. The van der Waals surface area contributed by atoms with Crippen molar-refractivity contribution in [3.05, 3.63) is 66.2 Å². The second-order valence-corrected chi connectivity index (χ2v) is 10.6. The van der Waals surface area contributed by atoms with E-state index in [2.05, 4.69) is 20.8 Å². The fraction of sp³-hybridized carbons (Fsp3) is 0.478. The summed E-state index contributed by atoms with van der Waals surface area (Å²) in [6.45, 7) is 6.64. The highest BCUT2D eigenvalue weighted by atomic mass is 31.2. The van der Waals surface area contributed by atoms with Crippen LogP contribution >= 0.6 is 7.37 Å². The molecule has 1 saturated carbocycles. The van der Waals surface area contributed by atoms with Crippen LogP contribution in [0.1, 0.15) is 51.4 Å². The molecule has 0 bridgehead atoms. The largest absolute Gasteiger partial charge is 0.378 e. The van der Waals surface area contributed by atoms with Crippen LogP contribution < -0.4 is 5.30 Å². The maximum atomic E-state index is 14.2. The standard InChI is InChI=1S/C23H31O3P/c1-17(2)21-15-14-18(3)16-22(21)26-27(25,20-12-8-5-9-13-20)23(24)19-10-6-4-7-11-19/h4-13,17-18,21-24H,14-16H2,1-3H3/t18-,21+,22-,23+,27+/m1/s1. The van der Waals surface area contributed by atoms with Crippen molar-refractivity contribution >= 4 is 12.7 Å². The molecular formula is C23H31O3P. The van der Waals surface area contributed by atoms with Crippen LogP contribution in [0, 0.1) is 17.8 Å². The molecule has 0 amide bonds. The molecule has 2 aromatic carbocycles. The third-order valence-corrected chi connectivity index (χ3v) is 8.33. The lowest BCUT2D eigenvalue weighted by atomic mass is 9.75. The van der Waals surface area contributed by atoms with E-state index in [1.165, 1.54) is 6.42 Å². The minimum atomic E-state index is -3.50. The van der Waals surface area contributed by atoms with E-state index in [4.69, 9.17) is 4.52 Å². The van der Waals surface area contributed by atoms with Crippen molar-refractivity contribution in [3.8, 4) is 0 Å². The predicted molar refractivity (Wildman–Crippen MR) is 111 cm³/mol. The molecule has 5 atom stereocenters. The minimum Gasteiger partial charge on any atom is -0.378 e. The summed E-state index contributed by atoms with van der Waals surface area (Å²) in [6, 6.07) is 18.4. The van der Waals surface area contributed by atoms with Gasteiger partial charge >= 0.3 is 0 Å². The third-order valence-electron chi connectivity index (χ3n) is 5.79. The summed E-state index contributed by atoms with van der Waals surface area (Å²) in [5.74, 6) is 0.205. The van der Waals surface area contributed by atoms with Crippen molar-refractivity contribution < 1.29 is 14.2 Å². The Kier molecular flexibility index (Phi) is 6.57. The van der Waals surface area contributed by atoms with E-state index >= 15 is 0 Å². The van der Waals surface area contributed by atoms with Gasteiger partial charge in [0.05, 0.1) is 6.10 Å². The zero-order valence-corrected chi connectivity index (χ0v) is 17.4. The van der Waals surface area contributed by atoms with Gasteiger partial charge in [-0.3, -0.25) is 4.57 Å². The van der Waals surface area contributed by atoms with Gasteiger partial charge < -0.3 is 9.63 Å². The number of benzene rings is 2. The molecule has 27 heavy (non-hydrogen) atoms. The number of aliphatic hydroxyl groups is 1. The van der Waals surface area contributed by atoms with Crippen LogP contribution in [0.4, 0.5) is 0 Å². The van der Waals surface area contributed by atoms with Crippen molar-refractivity contribution in [2.24, 2.45) is 17.8 Å². The first kappa shape index (κ1) is 20.3. The monoisotopic (exact) mass is 386 g/mol. The maximum absolute atomic E-state index is 14.2. The fourth-order valence-corrected chi connectivity index (χ4v) is 6.47. The Morgan fingerprint density at radius 3 is 2.19 bits per heavy atom. The van der Waals surface area contributed by atoms with E-state index in [9.17, 15) is 9.67 Å². The zero-order valence-electron chi connectivity index (χ0n) is 16.5. The normalized spacial score (nSPS) is 26.5. The average molecular weight is 386 g/mol. The quantitative estimate of drug-likeness (QED) is 0.642. The highest BCUT2D eigenvalue weighted by Crippen LogP contribution is 2.60. The number of hydrogen-bond donors (Lipinski definition) is 1. The molecule has 1 aliphatic rings. The highest BCUT2D eigenvalue weighted by molar-refractivity contribution is 7.67. The van der Waals surface area contributed by atoms with E-state index in [1.807, 2.05) is 60.7 Å². The molecule has 4 heteroatoms. The average Bonchev–Trinajstić information content (AvgIpc) is 2.68. The second kappa shape index (κ2) is 8.73. The van der Waals surface area contributed by atoms with Crippen LogP contribution in [0.2, 0.25) is 0 Å². The summed E-state index contributed by atoms with van der Waals surface area (Å²) in [7, 11) is -3.50. The summed E-state index contributed by atoms with van der Waals surface area (Å²) >= 11 is 0. The molecule has 0 aromatic heterocycles. The van der Waals surface area contributed by atoms with Gasteiger partial charge in [-0.2, -0.15) is 0 Å². The Labute approximate surface area is 163 Å². The summed E-state index contributed by atoms with van der Waals surface area (Å²) in [5.41, 5.74) is 0.634. The first-order valence-corrected chi connectivity index (χ1v) is 11.7. The van der Waals surface area contributed by atoms with Crippen molar-refractivity contribution in [1.82, 2.24) is 0 Å². The molecule has 146 valence electrons.